The number of halogens is 1. The van der Waals surface area contributed by atoms with Crippen molar-refractivity contribution < 1.29 is 0 Å². The second-order valence-electron chi connectivity index (χ2n) is 3.57. The van der Waals surface area contributed by atoms with Crippen molar-refractivity contribution in [2.45, 2.75) is 19.5 Å². The van der Waals surface area contributed by atoms with E-state index >= 15 is 0 Å². The molecule has 0 bridgehead atoms. The lowest BCUT2D eigenvalue weighted by Gasteiger charge is -2.04. The summed E-state index contributed by atoms with van der Waals surface area (Å²) in [5.41, 5.74) is -0.863. The molecule has 2 rings (SSSR count). The van der Waals surface area contributed by atoms with E-state index in [-0.39, 0.29) is 10.7 Å². The van der Waals surface area contributed by atoms with Gasteiger partial charge in [-0.1, -0.05) is 11.6 Å². The first-order chi connectivity index (χ1) is 8.16. The molecule has 0 aliphatic rings. The van der Waals surface area contributed by atoms with E-state index in [9.17, 15) is 9.59 Å². The van der Waals surface area contributed by atoms with Gasteiger partial charge in [-0.2, -0.15) is 0 Å². The van der Waals surface area contributed by atoms with Gasteiger partial charge < -0.3 is 4.57 Å². The quantitative estimate of drug-likeness (QED) is 0.807. The predicted molar refractivity (Wildman–Crippen MR) is 63.2 cm³/mol. The SMILES string of the molecule is O=c1cc(Cl)[nH]c(=O)n1CCCn1ccnc1. The van der Waals surface area contributed by atoms with Crippen molar-refractivity contribution in [2.75, 3.05) is 0 Å². The van der Waals surface area contributed by atoms with Crippen molar-refractivity contribution >= 4 is 11.6 Å². The van der Waals surface area contributed by atoms with Crippen LogP contribution in [0.15, 0.2) is 34.4 Å². The van der Waals surface area contributed by atoms with Gasteiger partial charge in [0.15, 0.2) is 0 Å². The third-order valence-electron chi connectivity index (χ3n) is 2.34. The number of aryl methyl sites for hydroxylation is 1. The summed E-state index contributed by atoms with van der Waals surface area (Å²) >= 11 is 5.56. The maximum absolute atomic E-state index is 11.5. The van der Waals surface area contributed by atoms with Crippen molar-refractivity contribution in [2.24, 2.45) is 0 Å². The van der Waals surface area contributed by atoms with E-state index < -0.39 is 5.69 Å². The number of hydrogen-bond donors (Lipinski definition) is 1. The maximum atomic E-state index is 11.5. The van der Waals surface area contributed by atoms with Crippen molar-refractivity contribution in [3.8, 4) is 0 Å². The van der Waals surface area contributed by atoms with E-state index in [1.54, 1.807) is 12.5 Å². The Morgan fingerprint density at radius 3 is 2.82 bits per heavy atom. The standard InChI is InChI=1S/C10H11ClN4O2/c11-8-6-9(16)15(10(17)13-8)4-1-3-14-5-2-12-7-14/h2,5-7H,1,3-4H2,(H,13,17). The molecule has 0 saturated heterocycles. The molecule has 0 fully saturated rings. The first-order valence-electron chi connectivity index (χ1n) is 5.12. The first kappa shape index (κ1) is 11.7. The van der Waals surface area contributed by atoms with Crippen LogP contribution in [-0.4, -0.2) is 19.1 Å². The minimum atomic E-state index is -0.479. The molecule has 0 unspecified atom stereocenters. The first-order valence-corrected chi connectivity index (χ1v) is 5.50. The minimum Gasteiger partial charge on any atom is -0.337 e. The van der Waals surface area contributed by atoms with Crippen LogP contribution < -0.4 is 11.2 Å². The van der Waals surface area contributed by atoms with Gasteiger partial charge in [0, 0.05) is 31.5 Å². The highest BCUT2D eigenvalue weighted by molar-refractivity contribution is 6.29. The van der Waals surface area contributed by atoms with Gasteiger partial charge >= 0.3 is 5.69 Å². The topological polar surface area (TPSA) is 72.7 Å². The highest BCUT2D eigenvalue weighted by Crippen LogP contribution is 1.95. The highest BCUT2D eigenvalue weighted by atomic mass is 35.5. The summed E-state index contributed by atoms with van der Waals surface area (Å²) in [5.74, 6) is 0. The molecular weight excluding hydrogens is 244 g/mol. The number of imidazole rings is 1. The van der Waals surface area contributed by atoms with Crippen molar-refractivity contribution in [3.63, 3.8) is 0 Å². The summed E-state index contributed by atoms with van der Waals surface area (Å²) < 4.78 is 3.01. The highest BCUT2D eigenvalue weighted by Gasteiger charge is 2.02. The summed E-state index contributed by atoms with van der Waals surface area (Å²) in [7, 11) is 0. The molecule has 17 heavy (non-hydrogen) atoms. The van der Waals surface area contributed by atoms with E-state index in [0.717, 1.165) is 4.57 Å². The van der Waals surface area contributed by atoms with Crippen LogP contribution in [0.5, 0.6) is 0 Å². The van der Waals surface area contributed by atoms with Crippen LogP contribution in [0.3, 0.4) is 0 Å². The Labute approximate surface area is 101 Å². The number of H-pyrrole nitrogens is 1. The fourth-order valence-corrected chi connectivity index (χ4v) is 1.71. The number of nitrogens with zero attached hydrogens (tertiary/aromatic N) is 3. The third kappa shape index (κ3) is 2.85. The molecule has 2 aromatic heterocycles. The Balaban J connectivity index is 2.05. The van der Waals surface area contributed by atoms with Crippen LogP contribution in [0.25, 0.3) is 0 Å². The van der Waals surface area contributed by atoms with Gasteiger partial charge in [-0.15, -0.1) is 0 Å². The largest absolute Gasteiger partial charge is 0.337 e. The molecule has 6 nitrogen and oxygen atoms in total. The van der Waals surface area contributed by atoms with Crippen LogP contribution in [0.1, 0.15) is 6.42 Å². The molecule has 0 aromatic carbocycles. The summed E-state index contributed by atoms with van der Waals surface area (Å²) in [4.78, 5) is 29.2. The van der Waals surface area contributed by atoms with Crippen LogP contribution in [0, 0.1) is 0 Å². The molecule has 2 heterocycles. The summed E-state index contributed by atoms with van der Waals surface area (Å²) in [6.07, 6.45) is 5.87. The zero-order chi connectivity index (χ0) is 12.3. The Morgan fingerprint density at radius 2 is 2.18 bits per heavy atom. The van der Waals surface area contributed by atoms with E-state index in [1.165, 1.54) is 6.07 Å². The molecule has 0 amide bonds. The molecule has 2 aromatic rings. The van der Waals surface area contributed by atoms with Gasteiger partial charge in [-0.25, -0.2) is 9.78 Å². The zero-order valence-corrected chi connectivity index (χ0v) is 9.72. The monoisotopic (exact) mass is 254 g/mol. The number of rotatable bonds is 4. The molecule has 0 spiro atoms. The molecule has 0 aliphatic heterocycles. The van der Waals surface area contributed by atoms with Gasteiger partial charge in [0.25, 0.3) is 5.56 Å². The lowest BCUT2D eigenvalue weighted by molar-refractivity contribution is 0.535. The lowest BCUT2D eigenvalue weighted by atomic mass is 10.4. The van der Waals surface area contributed by atoms with Crippen LogP contribution in [0.4, 0.5) is 0 Å². The summed E-state index contributed by atoms with van der Waals surface area (Å²) in [6, 6.07) is 1.19. The molecule has 90 valence electrons. The van der Waals surface area contributed by atoms with Crippen molar-refractivity contribution in [1.82, 2.24) is 19.1 Å². The van der Waals surface area contributed by atoms with Gasteiger partial charge in [0.2, 0.25) is 0 Å². The average molecular weight is 255 g/mol. The smallest absolute Gasteiger partial charge is 0.329 e. The molecule has 0 saturated carbocycles. The normalized spacial score (nSPS) is 10.6. The predicted octanol–water partition coefficient (Wildman–Crippen LogP) is 0.477. The molecule has 1 N–H and O–H groups in total. The Kier molecular flexibility index (Phi) is 3.43. The maximum Gasteiger partial charge on any atom is 0.329 e. The number of hydrogen-bond acceptors (Lipinski definition) is 3. The Bertz CT molecular complexity index is 568. The van der Waals surface area contributed by atoms with Gasteiger partial charge in [0.1, 0.15) is 5.15 Å². The molecular formula is C10H11ClN4O2. The van der Waals surface area contributed by atoms with Crippen molar-refractivity contribution in [3.05, 3.63) is 50.8 Å². The molecule has 7 heteroatoms. The number of aromatic amines is 1. The van der Waals surface area contributed by atoms with Crippen LogP contribution >= 0.6 is 11.6 Å². The van der Waals surface area contributed by atoms with E-state index in [4.69, 9.17) is 11.6 Å². The van der Waals surface area contributed by atoms with Crippen LogP contribution in [-0.2, 0) is 13.1 Å². The van der Waals surface area contributed by atoms with Gasteiger partial charge in [-0.05, 0) is 6.42 Å². The van der Waals surface area contributed by atoms with Crippen molar-refractivity contribution in [1.29, 1.82) is 0 Å². The molecule has 0 atom stereocenters. The second-order valence-corrected chi connectivity index (χ2v) is 3.97. The number of nitrogens with one attached hydrogen (secondary N) is 1. The summed E-state index contributed by atoms with van der Waals surface area (Å²) in [6.45, 7) is 1.05. The fourth-order valence-electron chi connectivity index (χ4n) is 1.53. The molecule has 0 aliphatic carbocycles. The van der Waals surface area contributed by atoms with Gasteiger partial charge in [-0.3, -0.25) is 14.3 Å². The van der Waals surface area contributed by atoms with Crippen LogP contribution in [0.2, 0.25) is 5.15 Å². The van der Waals surface area contributed by atoms with E-state index in [2.05, 4.69) is 9.97 Å². The Morgan fingerprint density at radius 1 is 1.35 bits per heavy atom. The number of aromatic nitrogens is 4. The van der Waals surface area contributed by atoms with E-state index in [1.807, 2.05) is 10.8 Å². The van der Waals surface area contributed by atoms with E-state index in [0.29, 0.717) is 19.5 Å². The fraction of sp³-hybridized carbons (Fsp3) is 0.300. The second kappa shape index (κ2) is 5.01. The average Bonchev–Trinajstić information content (AvgIpc) is 2.74. The lowest BCUT2D eigenvalue weighted by Crippen LogP contribution is -2.34. The minimum absolute atomic E-state index is 0.0610. The zero-order valence-electron chi connectivity index (χ0n) is 8.97. The third-order valence-corrected chi connectivity index (χ3v) is 2.55. The molecule has 0 radical (unpaired) electrons. The summed E-state index contributed by atoms with van der Waals surface area (Å²) in [5, 5.41) is 0.0610. The van der Waals surface area contributed by atoms with Gasteiger partial charge in [0.05, 0.1) is 6.33 Å². The Hall–Kier alpha value is -1.82.